The molecule has 1 atom stereocenters. The van der Waals surface area contributed by atoms with Crippen LogP contribution in [0.2, 0.25) is 0 Å². The highest BCUT2D eigenvalue weighted by molar-refractivity contribution is 5.08. The van der Waals surface area contributed by atoms with E-state index in [2.05, 4.69) is 17.3 Å². The number of rotatable bonds is 6. The molecule has 0 saturated carbocycles. The number of hydrogen-bond donors (Lipinski definition) is 1. The smallest absolute Gasteiger partial charge is 0.0590 e. The number of hydrogen-bond acceptors (Lipinski definition) is 3. The van der Waals surface area contributed by atoms with E-state index in [9.17, 15) is 0 Å². The van der Waals surface area contributed by atoms with Crippen molar-refractivity contribution in [2.24, 2.45) is 7.05 Å². The van der Waals surface area contributed by atoms with E-state index in [0.717, 1.165) is 19.8 Å². The van der Waals surface area contributed by atoms with Gasteiger partial charge in [0.2, 0.25) is 0 Å². The lowest BCUT2D eigenvalue weighted by molar-refractivity contribution is 0.147. The molecule has 80 valence electrons. The molecule has 0 aliphatic heterocycles. The second-order valence-electron chi connectivity index (χ2n) is 3.32. The van der Waals surface area contributed by atoms with Gasteiger partial charge in [-0.15, -0.1) is 0 Å². The quantitative estimate of drug-likeness (QED) is 0.694. The van der Waals surface area contributed by atoms with Crippen molar-refractivity contribution in [2.45, 2.75) is 19.9 Å². The molecule has 0 aromatic carbocycles. The van der Waals surface area contributed by atoms with E-state index < -0.39 is 0 Å². The standard InChI is InChI=1S/C10H19N3O/c1-4-14-6-5-11-9(2)10-7-12-13(3)8-10/h7-9,11H,4-6H2,1-3H3. The molecular weight excluding hydrogens is 178 g/mol. The Hall–Kier alpha value is -0.870. The van der Waals surface area contributed by atoms with Gasteiger partial charge in [0.15, 0.2) is 0 Å². The van der Waals surface area contributed by atoms with Gasteiger partial charge in [-0.3, -0.25) is 4.68 Å². The van der Waals surface area contributed by atoms with E-state index in [1.54, 1.807) is 0 Å². The van der Waals surface area contributed by atoms with Gasteiger partial charge >= 0.3 is 0 Å². The Labute approximate surface area is 85.3 Å². The van der Waals surface area contributed by atoms with E-state index in [1.165, 1.54) is 5.56 Å². The molecule has 0 bridgehead atoms. The van der Waals surface area contributed by atoms with Crippen molar-refractivity contribution >= 4 is 0 Å². The maximum absolute atomic E-state index is 5.24. The van der Waals surface area contributed by atoms with Crippen LogP contribution in [0, 0.1) is 0 Å². The van der Waals surface area contributed by atoms with E-state index in [4.69, 9.17) is 4.74 Å². The normalized spacial score (nSPS) is 13.1. The monoisotopic (exact) mass is 197 g/mol. The van der Waals surface area contributed by atoms with Crippen molar-refractivity contribution in [3.63, 3.8) is 0 Å². The molecule has 0 spiro atoms. The fraction of sp³-hybridized carbons (Fsp3) is 0.700. The van der Waals surface area contributed by atoms with E-state index in [1.807, 2.05) is 31.0 Å². The summed E-state index contributed by atoms with van der Waals surface area (Å²) < 4.78 is 7.06. The molecule has 4 nitrogen and oxygen atoms in total. The van der Waals surface area contributed by atoms with Crippen molar-refractivity contribution in [1.29, 1.82) is 0 Å². The molecule has 14 heavy (non-hydrogen) atoms. The van der Waals surface area contributed by atoms with Gasteiger partial charge in [0, 0.05) is 38.0 Å². The van der Waals surface area contributed by atoms with Gasteiger partial charge in [-0.1, -0.05) is 0 Å². The number of aromatic nitrogens is 2. The third kappa shape index (κ3) is 3.47. The maximum atomic E-state index is 5.24. The summed E-state index contributed by atoms with van der Waals surface area (Å²) in [6.07, 6.45) is 3.91. The first-order valence-corrected chi connectivity index (χ1v) is 5.03. The van der Waals surface area contributed by atoms with E-state index in [-0.39, 0.29) is 0 Å². The molecule has 0 aliphatic carbocycles. The zero-order valence-corrected chi connectivity index (χ0v) is 9.16. The van der Waals surface area contributed by atoms with Crippen molar-refractivity contribution in [3.8, 4) is 0 Å². The van der Waals surface area contributed by atoms with Crippen molar-refractivity contribution < 1.29 is 4.74 Å². The number of aryl methyl sites for hydroxylation is 1. The van der Waals surface area contributed by atoms with Crippen LogP contribution in [0.3, 0.4) is 0 Å². The van der Waals surface area contributed by atoms with Crippen LogP contribution in [-0.4, -0.2) is 29.5 Å². The van der Waals surface area contributed by atoms with Crippen LogP contribution in [0.1, 0.15) is 25.5 Å². The Balaban J connectivity index is 2.25. The largest absolute Gasteiger partial charge is 0.380 e. The topological polar surface area (TPSA) is 39.1 Å². The summed E-state index contributed by atoms with van der Waals surface area (Å²) in [4.78, 5) is 0. The second-order valence-corrected chi connectivity index (χ2v) is 3.32. The van der Waals surface area contributed by atoms with Crippen LogP contribution in [0.15, 0.2) is 12.4 Å². The van der Waals surface area contributed by atoms with Gasteiger partial charge in [0.25, 0.3) is 0 Å². The van der Waals surface area contributed by atoms with Gasteiger partial charge in [-0.25, -0.2) is 0 Å². The third-order valence-corrected chi connectivity index (χ3v) is 2.13. The zero-order valence-electron chi connectivity index (χ0n) is 9.16. The molecule has 1 aromatic heterocycles. The molecule has 1 aromatic rings. The number of nitrogens with one attached hydrogen (secondary N) is 1. The molecule has 1 N–H and O–H groups in total. The van der Waals surface area contributed by atoms with Crippen LogP contribution >= 0.6 is 0 Å². The van der Waals surface area contributed by atoms with Gasteiger partial charge in [-0.2, -0.15) is 5.10 Å². The molecule has 0 saturated heterocycles. The Morgan fingerprint density at radius 2 is 2.43 bits per heavy atom. The summed E-state index contributed by atoms with van der Waals surface area (Å²) in [5, 5.41) is 7.50. The minimum Gasteiger partial charge on any atom is -0.380 e. The molecule has 1 heterocycles. The summed E-state index contributed by atoms with van der Waals surface area (Å²) >= 11 is 0. The Morgan fingerprint density at radius 3 is 3.00 bits per heavy atom. The lowest BCUT2D eigenvalue weighted by Gasteiger charge is -2.11. The first-order valence-electron chi connectivity index (χ1n) is 5.03. The van der Waals surface area contributed by atoms with Crippen LogP contribution in [-0.2, 0) is 11.8 Å². The molecule has 0 fully saturated rings. The van der Waals surface area contributed by atoms with Crippen LogP contribution < -0.4 is 5.32 Å². The lowest BCUT2D eigenvalue weighted by atomic mass is 10.2. The predicted molar refractivity (Wildman–Crippen MR) is 56.1 cm³/mol. The Bertz CT molecular complexity index is 260. The number of ether oxygens (including phenoxy) is 1. The second kappa shape index (κ2) is 5.78. The highest BCUT2D eigenvalue weighted by Gasteiger charge is 2.05. The van der Waals surface area contributed by atoms with E-state index >= 15 is 0 Å². The minimum absolute atomic E-state index is 0.337. The average Bonchev–Trinajstić information content (AvgIpc) is 2.59. The molecular formula is C10H19N3O. The number of nitrogens with zero attached hydrogens (tertiary/aromatic N) is 2. The summed E-state index contributed by atoms with van der Waals surface area (Å²) in [5.41, 5.74) is 1.21. The van der Waals surface area contributed by atoms with Gasteiger partial charge in [0.1, 0.15) is 0 Å². The lowest BCUT2D eigenvalue weighted by Crippen LogP contribution is -2.23. The average molecular weight is 197 g/mol. The first kappa shape index (κ1) is 11.2. The fourth-order valence-electron chi connectivity index (χ4n) is 1.27. The first-order chi connectivity index (χ1) is 6.74. The predicted octanol–water partition coefficient (Wildman–Crippen LogP) is 1.11. The van der Waals surface area contributed by atoms with Gasteiger partial charge < -0.3 is 10.1 Å². The van der Waals surface area contributed by atoms with Gasteiger partial charge in [0.05, 0.1) is 12.8 Å². The molecule has 1 unspecified atom stereocenters. The molecule has 4 heteroatoms. The van der Waals surface area contributed by atoms with Gasteiger partial charge in [-0.05, 0) is 13.8 Å². The SMILES string of the molecule is CCOCCNC(C)c1cnn(C)c1. The van der Waals surface area contributed by atoms with Crippen LogP contribution in [0.25, 0.3) is 0 Å². The molecule has 0 aliphatic rings. The molecule has 0 radical (unpaired) electrons. The molecule has 0 amide bonds. The summed E-state index contributed by atoms with van der Waals surface area (Å²) in [6.45, 7) is 6.56. The Kier molecular flexibility index (Phi) is 4.62. The highest BCUT2D eigenvalue weighted by atomic mass is 16.5. The van der Waals surface area contributed by atoms with Crippen LogP contribution in [0.4, 0.5) is 0 Å². The summed E-state index contributed by atoms with van der Waals surface area (Å²) in [7, 11) is 1.93. The molecule has 1 rings (SSSR count). The summed E-state index contributed by atoms with van der Waals surface area (Å²) in [5.74, 6) is 0. The van der Waals surface area contributed by atoms with Crippen molar-refractivity contribution in [2.75, 3.05) is 19.8 Å². The highest BCUT2D eigenvalue weighted by Crippen LogP contribution is 2.09. The van der Waals surface area contributed by atoms with Crippen LogP contribution in [0.5, 0.6) is 0 Å². The fourth-order valence-corrected chi connectivity index (χ4v) is 1.27. The zero-order chi connectivity index (χ0) is 10.4. The Morgan fingerprint density at radius 1 is 1.64 bits per heavy atom. The maximum Gasteiger partial charge on any atom is 0.0590 e. The van der Waals surface area contributed by atoms with Crippen molar-refractivity contribution in [1.82, 2.24) is 15.1 Å². The van der Waals surface area contributed by atoms with E-state index in [0.29, 0.717) is 6.04 Å². The minimum atomic E-state index is 0.337. The van der Waals surface area contributed by atoms with Crippen molar-refractivity contribution in [3.05, 3.63) is 18.0 Å². The summed E-state index contributed by atoms with van der Waals surface area (Å²) in [6, 6.07) is 0.337. The third-order valence-electron chi connectivity index (χ3n) is 2.13.